The minimum absolute atomic E-state index is 0.160. The van der Waals surface area contributed by atoms with E-state index in [1.165, 1.54) is 11.3 Å². The molecule has 20 heavy (non-hydrogen) atoms. The molecule has 1 atom stereocenters. The molecule has 1 aromatic carbocycles. The average Bonchev–Trinajstić information content (AvgIpc) is 2.63. The van der Waals surface area contributed by atoms with Crippen molar-refractivity contribution in [2.45, 2.75) is 26.8 Å². The van der Waals surface area contributed by atoms with Crippen LogP contribution in [-0.2, 0) is 7.05 Å². The third-order valence-electron chi connectivity index (χ3n) is 3.53. The molecule has 0 aliphatic heterocycles. The van der Waals surface area contributed by atoms with E-state index in [0.717, 1.165) is 11.4 Å². The van der Waals surface area contributed by atoms with E-state index in [9.17, 15) is 0 Å². The molecule has 0 saturated carbocycles. The highest BCUT2D eigenvalue weighted by Gasteiger charge is 2.16. The first kappa shape index (κ1) is 14.7. The maximum absolute atomic E-state index is 6.14. The summed E-state index contributed by atoms with van der Waals surface area (Å²) >= 11 is 6.14. The van der Waals surface area contributed by atoms with Crippen molar-refractivity contribution < 1.29 is 4.74 Å². The van der Waals surface area contributed by atoms with Gasteiger partial charge in [-0.1, -0.05) is 11.6 Å². The van der Waals surface area contributed by atoms with Gasteiger partial charge in [0.25, 0.3) is 0 Å². The fourth-order valence-corrected chi connectivity index (χ4v) is 2.75. The molecule has 1 unspecified atom stereocenters. The predicted octanol–water partition coefficient (Wildman–Crippen LogP) is 3.87. The second-order valence-corrected chi connectivity index (χ2v) is 5.33. The fraction of sp³-hybridized carbons (Fsp3) is 0.400. The largest absolute Gasteiger partial charge is 0.495 e. The Morgan fingerprint density at radius 2 is 2.05 bits per heavy atom. The van der Waals surface area contributed by atoms with Crippen LogP contribution >= 0.6 is 11.6 Å². The van der Waals surface area contributed by atoms with Crippen molar-refractivity contribution >= 4 is 17.3 Å². The molecule has 2 rings (SSSR count). The zero-order valence-electron chi connectivity index (χ0n) is 12.5. The van der Waals surface area contributed by atoms with Crippen molar-refractivity contribution in [3.05, 3.63) is 40.2 Å². The van der Waals surface area contributed by atoms with Crippen LogP contribution in [0, 0.1) is 13.8 Å². The predicted molar refractivity (Wildman–Crippen MR) is 82.7 cm³/mol. The third-order valence-corrected chi connectivity index (χ3v) is 3.83. The second kappa shape index (κ2) is 5.75. The maximum atomic E-state index is 6.14. The molecule has 0 aliphatic carbocycles. The number of nitrogens with zero attached hydrogens (tertiary/aromatic N) is 2. The van der Waals surface area contributed by atoms with Crippen LogP contribution in [0.25, 0.3) is 0 Å². The van der Waals surface area contributed by atoms with Gasteiger partial charge in [0.2, 0.25) is 0 Å². The molecule has 0 fully saturated rings. The summed E-state index contributed by atoms with van der Waals surface area (Å²) in [5, 5.41) is 8.50. The Morgan fingerprint density at radius 3 is 2.55 bits per heavy atom. The monoisotopic (exact) mass is 293 g/mol. The number of ether oxygens (including phenoxy) is 1. The van der Waals surface area contributed by atoms with Gasteiger partial charge >= 0.3 is 0 Å². The molecular formula is C15H20ClN3O. The molecule has 0 amide bonds. The van der Waals surface area contributed by atoms with Gasteiger partial charge in [0.15, 0.2) is 0 Å². The number of nitrogens with one attached hydrogen (secondary N) is 1. The Kier molecular flexibility index (Phi) is 4.23. The van der Waals surface area contributed by atoms with E-state index in [0.29, 0.717) is 10.8 Å². The normalized spacial score (nSPS) is 12.3. The highest BCUT2D eigenvalue weighted by Crippen LogP contribution is 2.30. The molecule has 1 aromatic heterocycles. The zero-order chi connectivity index (χ0) is 14.9. The quantitative estimate of drug-likeness (QED) is 0.930. The van der Waals surface area contributed by atoms with Gasteiger partial charge in [-0.3, -0.25) is 4.68 Å². The highest BCUT2D eigenvalue weighted by molar-refractivity contribution is 6.32. The van der Waals surface area contributed by atoms with Crippen molar-refractivity contribution in [3.63, 3.8) is 0 Å². The molecule has 2 aromatic rings. The molecule has 0 radical (unpaired) electrons. The lowest BCUT2D eigenvalue weighted by Crippen LogP contribution is -2.09. The third kappa shape index (κ3) is 2.75. The Bertz CT molecular complexity index is 622. The Hall–Kier alpha value is -1.68. The molecule has 0 spiro atoms. The molecule has 5 heteroatoms. The average molecular weight is 294 g/mol. The summed E-state index contributed by atoms with van der Waals surface area (Å²) in [6.45, 7) is 6.23. The minimum Gasteiger partial charge on any atom is -0.495 e. The van der Waals surface area contributed by atoms with Gasteiger partial charge in [-0.25, -0.2) is 0 Å². The number of benzene rings is 1. The second-order valence-electron chi connectivity index (χ2n) is 4.92. The maximum Gasteiger partial charge on any atom is 0.137 e. The van der Waals surface area contributed by atoms with Gasteiger partial charge in [-0.15, -0.1) is 0 Å². The summed E-state index contributed by atoms with van der Waals surface area (Å²) in [7, 11) is 3.57. The van der Waals surface area contributed by atoms with E-state index >= 15 is 0 Å². The van der Waals surface area contributed by atoms with Gasteiger partial charge in [-0.2, -0.15) is 5.10 Å². The van der Waals surface area contributed by atoms with Gasteiger partial charge in [0.1, 0.15) is 5.75 Å². The number of hydrogen-bond acceptors (Lipinski definition) is 3. The van der Waals surface area contributed by atoms with Crippen LogP contribution in [0.4, 0.5) is 5.69 Å². The first-order chi connectivity index (χ1) is 9.43. The van der Waals surface area contributed by atoms with Crippen molar-refractivity contribution in [2.24, 2.45) is 7.05 Å². The lowest BCUT2D eigenvalue weighted by atomic mass is 10.1. The summed E-state index contributed by atoms with van der Waals surface area (Å²) in [4.78, 5) is 0. The van der Waals surface area contributed by atoms with Gasteiger partial charge < -0.3 is 10.1 Å². The van der Waals surface area contributed by atoms with Crippen LogP contribution in [0.2, 0.25) is 5.02 Å². The Balaban J connectivity index is 2.23. The minimum atomic E-state index is 0.160. The number of aromatic nitrogens is 2. The lowest BCUT2D eigenvalue weighted by Gasteiger charge is -2.17. The van der Waals surface area contributed by atoms with Crippen LogP contribution in [0.3, 0.4) is 0 Å². The molecule has 0 saturated heterocycles. The van der Waals surface area contributed by atoms with Crippen molar-refractivity contribution in [1.29, 1.82) is 0 Å². The topological polar surface area (TPSA) is 39.1 Å². The summed E-state index contributed by atoms with van der Waals surface area (Å²) < 4.78 is 7.06. The van der Waals surface area contributed by atoms with Crippen LogP contribution < -0.4 is 10.1 Å². The van der Waals surface area contributed by atoms with Gasteiger partial charge in [-0.05, 0) is 39.0 Å². The van der Waals surface area contributed by atoms with Crippen molar-refractivity contribution in [2.75, 3.05) is 12.4 Å². The van der Waals surface area contributed by atoms with E-state index in [1.54, 1.807) is 7.11 Å². The number of methoxy groups -OCH3 is 1. The summed E-state index contributed by atoms with van der Waals surface area (Å²) in [5.41, 5.74) is 4.40. The van der Waals surface area contributed by atoms with Gasteiger partial charge in [0.05, 0.1) is 23.9 Å². The van der Waals surface area contributed by atoms with Gasteiger partial charge in [0, 0.05) is 24.0 Å². The van der Waals surface area contributed by atoms with E-state index in [4.69, 9.17) is 16.3 Å². The van der Waals surface area contributed by atoms with E-state index in [1.807, 2.05) is 36.9 Å². The molecule has 108 valence electrons. The SMILES string of the molecule is COc1ccc(NC(C)c2c(C)nn(C)c2C)cc1Cl. The molecule has 0 bridgehead atoms. The number of hydrogen-bond donors (Lipinski definition) is 1. The number of halogens is 1. The van der Waals surface area contributed by atoms with Crippen LogP contribution in [-0.4, -0.2) is 16.9 Å². The molecular weight excluding hydrogens is 274 g/mol. The zero-order valence-corrected chi connectivity index (χ0v) is 13.2. The number of aryl methyl sites for hydroxylation is 2. The van der Waals surface area contributed by atoms with Crippen LogP contribution in [0.5, 0.6) is 5.75 Å². The van der Waals surface area contributed by atoms with E-state index < -0.39 is 0 Å². The van der Waals surface area contributed by atoms with Crippen molar-refractivity contribution in [3.8, 4) is 5.75 Å². The molecule has 4 nitrogen and oxygen atoms in total. The van der Waals surface area contributed by atoms with Crippen molar-refractivity contribution in [1.82, 2.24) is 9.78 Å². The van der Waals surface area contributed by atoms with E-state index in [-0.39, 0.29) is 6.04 Å². The fourth-order valence-electron chi connectivity index (χ4n) is 2.49. The Labute approximate surface area is 124 Å². The number of anilines is 1. The standard InChI is InChI=1S/C15H20ClN3O/c1-9(15-10(2)18-19(4)11(15)3)17-12-6-7-14(20-5)13(16)8-12/h6-9,17H,1-5H3. The summed E-state index contributed by atoms with van der Waals surface area (Å²) in [6.07, 6.45) is 0. The molecule has 0 aliphatic rings. The van der Waals surface area contributed by atoms with Crippen LogP contribution in [0.15, 0.2) is 18.2 Å². The number of rotatable bonds is 4. The van der Waals surface area contributed by atoms with E-state index in [2.05, 4.69) is 24.3 Å². The summed E-state index contributed by atoms with van der Waals surface area (Å²) in [5.74, 6) is 0.679. The smallest absolute Gasteiger partial charge is 0.137 e. The highest BCUT2D eigenvalue weighted by atomic mass is 35.5. The Morgan fingerprint density at radius 1 is 1.35 bits per heavy atom. The lowest BCUT2D eigenvalue weighted by molar-refractivity contribution is 0.415. The van der Waals surface area contributed by atoms with Crippen LogP contribution in [0.1, 0.15) is 29.9 Å². The molecule has 1 N–H and O–H groups in total. The first-order valence-electron chi connectivity index (χ1n) is 6.54. The first-order valence-corrected chi connectivity index (χ1v) is 6.92. The summed E-state index contributed by atoms with van der Waals surface area (Å²) in [6, 6.07) is 5.86. The molecule has 1 heterocycles.